The number of hydrogen-bond donors (Lipinski definition) is 2. The van der Waals surface area contributed by atoms with Gasteiger partial charge in [0.25, 0.3) is 0 Å². The molecule has 0 amide bonds. The fourth-order valence-corrected chi connectivity index (χ4v) is 2.69. The maximum Gasteiger partial charge on any atom is 0.232 e. The van der Waals surface area contributed by atoms with E-state index in [1.165, 1.54) is 12.1 Å². The minimum Gasteiger partial charge on any atom is -0.368 e. The van der Waals surface area contributed by atoms with Gasteiger partial charge in [-0.25, -0.2) is 4.39 Å². The fourth-order valence-electron chi connectivity index (χ4n) is 2.69. The standard InChI is InChI=1S/C16H22FN7/c1-2-23-7-9-24(10-8-23)11-14-20-15(18)22-16(21-14)19-13-5-3-12(17)4-6-13/h3-6H,2,7-11H2,1H3,(H3,18,19,20,21,22). The second kappa shape index (κ2) is 7.50. The average Bonchev–Trinajstić information content (AvgIpc) is 2.57. The Labute approximate surface area is 140 Å². The average molecular weight is 331 g/mol. The van der Waals surface area contributed by atoms with Crippen LogP contribution in [0, 0.1) is 5.82 Å². The third kappa shape index (κ3) is 4.36. The number of anilines is 3. The lowest BCUT2D eigenvalue weighted by Crippen LogP contribution is -2.45. The first kappa shape index (κ1) is 16.5. The van der Waals surface area contributed by atoms with E-state index in [4.69, 9.17) is 5.73 Å². The van der Waals surface area contributed by atoms with E-state index in [1.807, 2.05) is 0 Å². The molecule has 1 saturated heterocycles. The fraction of sp³-hybridized carbons (Fsp3) is 0.438. The van der Waals surface area contributed by atoms with Gasteiger partial charge < -0.3 is 16.0 Å². The Morgan fingerprint density at radius 3 is 2.38 bits per heavy atom. The van der Waals surface area contributed by atoms with Gasteiger partial charge in [0.1, 0.15) is 11.6 Å². The number of nitrogens with zero attached hydrogens (tertiary/aromatic N) is 5. The van der Waals surface area contributed by atoms with Gasteiger partial charge in [0.05, 0.1) is 6.54 Å². The summed E-state index contributed by atoms with van der Waals surface area (Å²) >= 11 is 0. The first-order valence-corrected chi connectivity index (χ1v) is 8.10. The van der Waals surface area contributed by atoms with E-state index >= 15 is 0 Å². The molecular formula is C16H22FN7. The van der Waals surface area contributed by atoms with Crippen LogP contribution in [0.2, 0.25) is 0 Å². The highest BCUT2D eigenvalue weighted by Crippen LogP contribution is 2.15. The molecular weight excluding hydrogens is 309 g/mol. The zero-order chi connectivity index (χ0) is 16.9. The predicted molar refractivity (Wildman–Crippen MR) is 91.3 cm³/mol. The zero-order valence-corrected chi connectivity index (χ0v) is 13.7. The second-order valence-corrected chi connectivity index (χ2v) is 5.78. The number of aromatic nitrogens is 3. The molecule has 3 N–H and O–H groups in total. The summed E-state index contributed by atoms with van der Waals surface area (Å²) in [5.41, 5.74) is 6.50. The molecule has 0 spiro atoms. The molecule has 0 radical (unpaired) electrons. The van der Waals surface area contributed by atoms with Gasteiger partial charge in [0, 0.05) is 31.9 Å². The second-order valence-electron chi connectivity index (χ2n) is 5.78. The Bertz CT molecular complexity index is 669. The number of nitrogen functional groups attached to an aromatic ring is 1. The summed E-state index contributed by atoms with van der Waals surface area (Å²) in [5.74, 6) is 0.896. The molecule has 0 unspecified atom stereocenters. The molecule has 8 heteroatoms. The monoisotopic (exact) mass is 331 g/mol. The molecule has 1 aromatic carbocycles. The van der Waals surface area contributed by atoms with Crippen molar-refractivity contribution in [1.82, 2.24) is 24.8 Å². The SMILES string of the molecule is CCN1CCN(Cc2nc(N)nc(Nc3ccc(F)cc3)n2)CC1. The topological polar surface area (TPSA) is 83.2 Å². The quantitative estimate of drug-likeness (QED) is 0.858. The molecule has 7 nitrogen and oxygen atoms in total. The highest BCUT2D eigenvalue weighted by molar-refractivity contribution is 5.53. The Morgan fingerprint density at radius 1 is 1.04 bits per heavy atom. The van der Waals surface area contributed by atoms with Crippen molar-refractivity contribution in [2.24, 2.45) is 0 Å². The number of benzene rings is 1. The number of nitrogens with one attached hydrogen (secondary N) is 1. The van der Waals surface area contributed by atoms with E-state index < -0.39 is 0 Å². The van der Waals surface area contributed by atoms with Crippen molar-refractivity contribution in [2.45, 2.75) is 13.5 Å². The minimum absolute atomic E-state index is 0.178. The van der Waals surface area contributed by atoms with Crippen molar-refractivity contribution in [3.63, 3.8) is 0 Å². The van der Waals surface area contributed by atoms with Gasteiger partial charge in [-0.05, 0) is 30.8 Å². The summed E-state index contributed by atoms with van der Waals surface area (Å²) in [7, 11) is 0. The predicted octanol–water partition coefficient (Wildman–Crippen LogP) is 1.47. The number of rotatable bonds is 5. The molecule has 0 saturated carbocycles. The molecule has 0 aliphatic carbocycles. The van der Waals surface area contributed by atoms with Gasteiger partial charge in [-0.15, -0.1) is 0 Å². The number of piperazine rings is 1. The molecule has 128 valence electrons. The van der Waals surface area contributed by atoms with Gasteiger partial charge >= 0.3 is 0 Å². The van der Waals surface area contributed by atoms with Gasteiger partial charge in [0.15, 0.2) is 0 Å². The first-order chi connectivity index (χ1) is 11.6. The van der Waals surface area contributed by atoms with Crippen LogP contribution in [0.4, 0.5) is 22.0 Å². The van der Waals surface area contributed by atoms with Crippen LogP contribution in [0.15, 0.2) is 24.3 Å². The van der Waals surface area contributed by atoms with E-state index in [1.54, 1.807) is 12.1 Å². The highest BCUT2D eigenvalue weighted by Gasteiger charge is 2.17. The van der Waals surface area contributed by atoms with E-state index in [2.05, 4.69) is 37.0 Å². The lowest BCUT2D eigenvalue weighted by molar-refractivity contribution is 0.129. The van der Waals surface area contributed by atoms with E-state index in [0.29, 0.717) is 24.0 Å². The number of hydrogen-bond acceptors (Lipinski definition) is 7. The molecule has 0 atom stereocenters. The summed E-state index contributed by atoms with van der Waals surface area (Å²) < 4.78 is 13.0. The van der Waals surface area contributed by atoms with Crippen LogP contribution in [-0.2, 0) is 6.54 Å². The summed E-state index contributed by atoms with van der Waals surface area (Å²) in [6.45, 7) is 7.98. The lowest BCUT2D eigenvalue weighted by atomic mass is 10.3. The Morgan fingerprint density at radius 2 is 1.71 bits per heavy atom. The number of likely N-dealkylation sites (N-methyl/N-ethyl adjacent to an activating group) is 1. The number of halogens is 1. The van der Waals surface area contributed by atoms with Crippen molar-refractivity contribution in [3.05, 3.63) is 35.9 Å². The molecule has 1 aromatic heterocycles. The van der Waals surface area contributed by atoms with Crippen LogP contribution in [0.1, 0.15) is 12.7 Å². The summed E-state index contributed by atoms with van der Waals surface area (Å²) in [6, 6.07) is 6.00. The van der Waals surface area contributed by atoms with Crippen molar-refractivity contribution in [3.8, 4) is 0 Å². The third-order valence-electron chi connectivity index (χ3n) is 4.08. The smallest absolute Gasteiger partial charge is 0.232 e. The van der Waals surface area contributed by atoms with Gasteiger partial charge in [-0.1, -0.05) is 6.92 Å². The van der Waals surface area contributed by atoms with Gasteiger partial charge in [-0.3, -0.25) is 4.90 Å². The van der Waals surface area contributed by atoms with Crippen molar-refractivity contribution >= 4 is 17.6 Å². The maximum absolute atomic E-state index is 13.0. The van der Waals surface area contributed by atoms with Crippen LogP contribution in [0.25, 0.3) is 0 Å². The Hall–Kier alpha value is -2.32. The van der Waals surface area contributed by atoms with E-state index in [-0.39, 0.29) is 11.8 Å². The van der Waals surface area contributed by atoms with Gasteiger partial charge in [-0.2, -0.15) is 15.0 Å². The molecule has 2 heterocycles. The van der Waals surface area contributed by atoms with Crippen LogP contribution in [0.3, 0.4) is 0 Å². The van der Waals surface area contributed by atoms with Crippen molar-refractivity contribution < 1.29 is 4.39 Å². The molecule has 24 heavy (non-hydrogen) atoms. The van der Waals surface area contributed by atoms with Gasteiger partial charge in [0.2, 0.25) is 11.9 Å². The molecule has 0 bridgehead atoms. The Kier molecular flexibility index (Phi) is 5.17. The normalized spacial score (nSPS) is 16.2. The van der Waals surface area contributed by atoms with Crippen LogP contribution in [0.5, 0.6) is 0 Å². The first-order valence-electron chi connectivity index (χ1n) is 8.10. The summed E-state index contributed by atoms with van der Waals surface area (Å²) in [5, 5.41) is 3.03. The third-order valence-corrected chi connectivity index (χ3v) is 4.08. The van der Waals surface area contributed by atoms with E-state index in [0.717, 1.165) is 32.7 Å². The molecule has 1 fully saturated rings. The zero-order valence-electron chi connectivity index (χ0n) is 13.7. The summed E-state index contributed by atoms with van der Waals surface area (Å²) in [6.07, 6.45) is 0. The lowest BCUT2D eigenvalue weighted by Gasteiger charge is -2.33. The molecule has 1 aliphatic rings. The molecule has 2 aromatic rings. The maximum atomic E-state index is 13.0. The Balaban J connectivity index is 1.66. The van der Waals surface area contributed by atoms with Crippen LogP contribution in [-0.4, -0.2) is 57.5 Å². The van der Waals surface area contributed by atoms with E-state index in [9.17, 15) is 4.39 Å². The molecule has 3 rings (SSSR count). The largest absolute Gasteiger partial charge is 0.368 e. The van der Waals surface area contributed by atoms with Crippen molar-refractivity contribution in [2.75, 3.05) is 43.8 Å². The summed E-state index contributed by atoms with van der Waals surface area (Å²) in [4.78, 5) is 17.5. The van der Waals surface area contributed by atoms with Crippen molar-refractivity contribution in [1.29, 1.82) is 0 Å². The minimum atomic E-state index is -0.289. The number of nitrogens with two attached hydrogens (primary N) is 1. The highest BCUT2D eigenvalue weighted by atomic mass is 19.1. The molecule has 1 aliphatic heterocycles. The van der Waals surface area contributed by atoms with Crippen LogP contribution < -0.4 is 11.1 Å². The van der Waals surface area contributed by atoms with Crippen LogP contribution >= 0.6 is 0 Å².